The maximum absolute atomic E-state index is 12.7. The van der Waals surface area contributed by atoms with E-state index < -0.39 is 63.8 Å². The van der Waals surface area contributed by atoms with Crippen molar-refractivity contribution in [3.05, 3.63) is 72.9 Å². The van der Waals surface area contributed by atoms with Gasteiger partial charge in [-0.15, -0.1) is 0 Å². The normalized spacial score (nSPS) is 14.8. The van der Waals surface area contributed by atoms with Crippen LogP contribution in [0.15, 0.2) is 72.9 Å². The minimum absolute atomic E-state index is 0.0726. The predicted octanol–water partition coefficient (Wildman–Crippen LogP) is 11.5. The van der Waals surface area contributed by atoms with Gasteiger partial charge in [0.15, 0.2) is 6.10 Å². The minimum Gasteiger partial charge on any atom is -0.480 e. The predicted molar refractivity (Wildman–Crippen MR) is 246 cm³/mol. The van der Waals surface area contributed by atoms with Gasteiger partial charge in [-0.2, -0.15) is 0 Å². The molecule has 350 valence electrons. The summed E-state index contributed by atoms with van der Waals surface area (Å²) in [4.78, 5) is 46.1. The summed E-state index contributed by atoms with van der Waals surface area (Å²) < 4.78 is 32.6. The molecule has 4 atom stereocenters. The lowest BCUT2D eigenvalue weighted by Crippen LogP contribution is -2.34. The molecule has 12 nitrogen and oxygen atoms in total. The van der Waals surface area contributed by atoms with Crippen LogP contribution in [0, 0.1) is 0 Å². The fraction of sp³-hybridized carbons (Fsp3) is 0.688. The highest BCUT2D eigenvalue weighted by molar-refractivity contribution is 7.47. The van der Waals surface area contributed by atoms with E-state index in [0.29, 0.717) is 6.42 Å². The molecular weight excluding hydrogens is 797 g/mol. The van der Waals surface area contributed by atoms with E-state index in [4.69, 9.17) is 24.8 Å². The molecule has 13 heteroatoms. The van der Waals surface area contributed by atoms with Gasteiger partial charge in [-0.25, -0.2) is 4.57 Å². The van der Waals surface area contributed by atoms with Crippen LogP contribution in [-0.2, 0) is 37.5 Å². The molecule has 0 aliphatic heterocycles. The topological polar surface area (TPSA) is 192 Å². The van der Waals surface area contributed by atoms with Crippen molar-refractivity contribution in [3.63, 3.8) is 0 Å². The van der Waals surface area contributed by atoms with Gasteiger partial charge in [-0.05, 0) is 70.6 Å². The molecule has 0 fully saturated rings. The van der Waals surface area contributed by atoms with Gasteiger partial charge in [0.1, 0.15) is 12.6 Å². The maximum atomic E-state index is 12.7. The molecule has 0 heterocycles. The molecule has 0 radical (unpaired) electrons. The molecule has 2 unspecified atom stereocenters. The van der Waals surface area contributed by atoms with Crippen molar-refractivity contribution in [3.8, 4) is 0 Å². The highest BCUT2D eigenvalue weighted by atomic mass is 31.2. The third kappa shape index (κ3) is 42.0. The van der Waals surface area contributed by atoms with E-state index in [9.17, 15) is 28.9 Å². The number of hydrogen-bond acceptors (Lipinski definition) is 10. The van der Waals surface area contributed by atoms with Gasteiger partial charge < -0.3 is 30.3 Å². The summed E-state index contributed by atoms with van der Waals surface area (Å²) in [5, 5.41) is 19.2. The Labute approximate surface area is 368 Å². The number of carboxylic acids is 1. The number of nitrogens with two attached hydrogens (primary N) is 1. The molecule has 0 saturated carbocycles. The first-order chi connectivity index (χ1) is 29.5. The van der Waals surface area contributed by atoms with Crippen LogP contribution < -0.4 is 5.73 Å². The molecular formula is C48H82NO11P. The van der Waals surface area contributed by atoms with E-state index in [0.717, 1.165) is 44.9 Å². The summed E-state index contributed by atoms with van der Waals surface area (Å²) in [6, 6.07) is -1.56. The number of hydrogen-bond donors (Lipinski definition) is 4. The number of phosphoric ester groups is 1. The Hall–Kier alpha value is -3.12. The van der Waals surface area contributed by atoms with Crippen molar-refractivity contribution in [1.82, 2.24) is 0 Å². The van der Waals surface area contributed by atoms with Crippen molar-refractivity contribution in [2.45, 2.75) is 193 Å². The standard InChI is InChI=1S/C48H82NO11P/c1-3-5-7-9-11-13-15-17-18-19-20-21-22-24-26-28-30-32-34-38-46(51)57-40-44(41-58-61(55,56)59-42-45(49)48(53)54)60-47(52)39-35-37-43(50)36-33-31-29-27-25-23-16-14-12-10-8-6-4-2/h6,8,12,14,17-18,23,25,29,31,33,36,43-45,50H,3-5,7,9-11,13,15-16,19-22,24,26-28,30,32,34-35,37-42,49H2,1-2H3,(H,53,54)(H,55,56)/b8-6-,14-12-,18-17-,25-23-,31-29-,36-33+/t43?,44-,45+/m1/s1. The fourth-order valence-electron chi connectivity index (χ4n) is 5.91. The lowest BCUT2D eigenvalue weighted by molar-refractivity contribution is -0.161. The second-order valence-electron chi connectivity index (χ2n) is 15.4. The third-order valence-corrected chi connectivity index (χ3v) is 10.5. The van der Waals surface area contributed by atoms with Gasteiger partial charge in [-0.1, -0.05) is 164 Å². The van der Waals surface area contributed by atoms with Crippen LogP contribution in [-0.4, -0.2) is 71.1 Å². The summed E-state index contributed by atoms with van der Waals surface area (Å²) in [5.41, 5.74) is 5.33. The van der Waals surface area contributed by atoms with Gasteiger partial charge in [-0.3, -0.25) is 23.4 Å². The minimum atomic E-state index is -4.78. The SMILES string of the molecule is CC/C=C\C/C=C\C/C=C\C/C=C\C=C\C(O)CCCC(=O)O[C@H](COC(=O)CCCCCCCCCCC/C=C\CCCCCCCC)COP(=O)(O)OC[C@H](N)C(=O)O. The number of esters is 2. The van der Waals surface area contributed by atoms with Crippen LogP contribution >= 0.6 is 7.82 Å². The molecule has 0 amide bonds. The highest BCUT2D eigenvalue weighted by Crippen LogP contribution is 2.43. The van der Waals surface area contributed by atoms with Gasteiger partial charge in [0.2, 0.25) is 0 Å². The van der Waals surface area contributed by atoms with Crippen LogP contribution in [0.2, 0.25) is 0 Å². The van der Waals surface area contributed by atoms with Crippen LogP contribution in [0.4, 0.5) is 0 Å². The number of aliphatic hydroxyl groups excluding tert-OH is 1. The number of allylic oxidation sites excluding steroid dienone is 11. The Morgan fingerprint density at radius 2 is 1.11 bits per heavy atom. The fourth-order valence-corrected chi connectivity index (χ4v) is 6.69. The van der Waals surface area contributed by atoms with E-state index in [-0.39, 0.29) is 25.7 Å². The van der Waals surface area contributed by atoms with Crippen molar-refractivity contribution in [2.24, 2.45) is 5.73 Å². The molecule has 0 spiro atoms. The van der Waals surface area contributed by atoms with E-state index in [2.05, 4.69) is 67.0 Å². The summed E-state index contributed by atoms with van der Waals surface area (Å²) in [6.45, 7) is 2.48. The molecule has 5 N–H and O–H groups in total. The number of ether oxygens (including phenoxy) is 2. The Balaban J connectivity index is 4.50. The Bertz CT molecular complexity index is 1330. The Kier molecular flexibility index (Phi) is 40.0. The molecule has 0 aliphatic rings. The largest absolute Gasteiger partial charge is 0.480 e. The second kappa shape index (κ2) is 42.2. The number of rotatable bonds is 42. The lowest BCUT2D eigenvalue weighted by atomic mass is 10.1. The third-order valence-electron chi connectivity index (χ3n) is 9.54. The molecule has 61 heavy (non-hydrogen) atoms. The van der Waals surface area contributed by atoms with Gasteiger partial charge >= 0.3 is 25.7 Å². The average Bonchev–Trinajstić information content (AvgIpc) is 3.23. The van der Waals surface area contributed by atoms with Crippen LogP contribution in [0.5, 0.6) is 0 Å². The zero-order valence-electron chi connectivity index (χ0n) is 37.6. The zero-order chi connectivity index (χ0) is 45.1. The van der Waals surface area contributed by atoms with Crippen LogP contribution in [0.25, 0.3) is 0 Å². The van der Waals surface area contributed by atoms with Gasteiger partial charge in [0.25, 0.3) is 0 Å². The monoisotopic (exact) mass is 880 g/mol. The summed E-state index contributed by atoms with van der Waals surface area (Å²) in [7, 11) is -4.78. The Morgan fingerprint density at radius 3 is 1.69 bits per heavy atom. The molecule has 0 aromatic heterocycles. The molecule has 0 aliphatic carbocycles. The first kappa shape index (κ1) is 57.9. The molecule has 0 aromatic carbocycles. The van der Waals surface area contributed by atoms with E-state index >= 15 is 0 Å². The summed E-state index contributed by atoms with van der Waals surface area (Å²) in [6.07, 6.45) is 47.1. The number of phosphoric acid groups is 1. The number of carboxylic acid groups (broad SMARTS) is 1. The van der Waals surface area contributed by atoms with Crippen molar-refractivity contribution in [2.75, 3.05) is 19.8 Å². The summed E-state index contributed by atoms with van der Waals surface area (Å²) in [5.74, 6) is -2.62. The molecule has 0 saturated heterocycles. The van der Waals surface area contributed by atoms with E-state index in [1.165, 1.54) is 83.5 Å². The molecule has 0 rings (SSSR count). The van der Waals surface area contributed by atoms with E-state index in [1.807, 2.05) is 12.2 Å². The summed E-state index contributed by atoms with van der Waals surface area (Å²) >= 11 is 0. The van der Waals surface area contributed by atoms with Crippen molar-refractivity contribution >= 4 is 25.7 Å². The molecule has 0 aromatic rings. The van der Waals surface area contributed by atoms with Crippen molar-refractivity contribution in [1.29, 1.82) is 0 Å². The lowest BCUT2D eigenvalue weighted by Gasteiger charge is -2.20. The smallest absolute Gasteiger partial charge is 0.472 e. The number of carbonyl (C=O) groups is 3. The van der Waals surface area contributed by atoms with Crippen LogP contribution in [0.3, 0.4) is 0 Å². The average molecular weight is 880 g/mol. The van der Waals surface area contributed by atoms with E-state index in [1.54, 1.807) is 12.2 Å². The highest BCUT2D eigenvalue weighted by Gasteiger charge is 2.28. The van der Waals surface area contributed by atoms with Crippen molar-refractivity contribution < 1.29 is 52.6 Å². The number of unbranched alkanes of at least 4 members (excludes halogenated alkanes) is 15. The first-order valence-corrected chi connectivity index (χ1v) is 24.6. The quantitative estimate of drug-likeness (QED) is 0.0149. The number of aliphatic carboxylic acids is 1. The maximum Gasteiger partial charge on any atom is 0.472 e. The number of aliphatic hydroxyl groups is 1. The van der Waals surface area contributed by atoms with Gasteiger partial charge in [0.05, 0.1) is 19.3 Å². The first-order valence-electron chi connectivity index (χ1n) is 23.1. The number of carbonyl (C=O) groups excluding carboxylic acids is 2. The zero-order valence-corrected chi connectivity index (χ0v) is 38.5. The second-order valence-corrected chi connectivity index (χ2v) is 16.8. The van der Waals surface area contributed by atoms with Gasteiger partial charge in [0, 0.05) is 12.8 Å². The molecule has 0 bridgehead atoms. The van der Waals surface area contributed by atoms with Crippen LogP contribution in [0.1, 0.15) is 174 Å². The Morgan fingerprint density at radius 1 is 0.607 bits per heavy atom.